The number of anilines is 1. The molecule has 0 unspecified atom stereocenters. The summed E-state index contributed by atoms with van der Waals surface area (Å²) >= 11 is 0. The van der Waals surface area contributed by atoms with Crippen LogP contribution in [0.2, 0.25) is 0 Å². The maximum Gasteiger partial charge on any atom is 0.416 e. The quantitative estimate of drug-likeness (QED) is 0.762. The van der Waals surface area contributed by atoms with E-state index in [-0.39, 0.29) is 36.0 Å². The van der Waals surface area contributed by atoms with Crippen LogP contribution in [0.15, 0.2) is 24.4 Å². The molecule has 0 N–H and O–H groups in total. The van der Waals surface area contributed by atoms with Gasteiger partial charge in [-0.15, -0.1) is 0 Å². The van der Waals surface area contributed by atoms with Crippen LogP contribution in [-0.4, -0.2) is 34.8 Å². The number of aromatic nitrogens is 2. The van der Waals surface area contributed by atoms with Gasteiger partial charge in [0.25, 0.3) is 5.91 Å². The Morgan fingerprint density at radius 2 is 2.07 bits per heavy atom. The van der Waals surface area contributed by atoms with E-state index < -0.39 is 23.6 Å². The second kappa shape index (κ2) is 6.71. The highest BCUT2D eigenvalue weighted by molar-refractivity contribution is 6.11. The van der Waals surface area contributed by atoms with Crippen molar-refractivity contribution in [2.24, 2.45) is 0 Å². The number of ether oxygens (including phenoxy) is 1. The van der Waals surface area contributed by atoms with Crippen LogP contribution in [-0.2, 0) is 10.9 Å². The third kappa shape index (κ3) is 3.29. The van der Waals surface area contributed by atoms with Gasteiger partial charge in [-0.1, -0.05) is 0 Å². The van der Waals surface area contributed by atoms with Crippen LogP contribution in [0.25, 0.3) is 0 Å². The smallest absolute Gasteiger partial charge is 0.416 e. The Balaban J connectivity index is 2.01. The molecule has 0 radical (unpaired) electrons. The minimum atomic E-state index is -4.46. The molecule has 2 aromatic rings. The van der Waals surface area contributed by atoms with Crippen molar-refractivity contribution in [3.63, 3.8) is 0 Å². The van der Waals surface area contributed by atoms with Crippen LogP contribution in [0, 0.1) is 6.92 Å². The van der Waals surface area contributed by atoms with E-state index in [1.54, 1.807) is 6.92 Å². The molecule has 144 valence electrons. The molecule has 3 rings (SSSR count). The highest BCUT2D eigenvalue weighted by atomic mass is 19.4. The van der Waals surface area contributed by atoms with Crippen molar-refractivity contribution >= 4 is 17.6 Å². The molecular weight excluding hydrogens is 363 g/mol. The Morgan fingerprint density at radius 1 is 1.37 bits per heavy atom. The SMILES string of the molecule is CCOC(=O)c1cnn2c1C(=O)N(c1ccc(C(F)(F)F)c(C)c1)C[C@@H]2C. The number of benzene rings is 1. The Morgan fingerprint density at radius 3 is 2.67 bits per heavy atom. The summed E-state index contributed by atoms with van der Waals surface area (Å²) in [5, 5.41) is 4.10. The van der Waals surface area contributed by atoms with Gasteiger partial charge in [0.15, 0.2) is 0 Å². The number of fused-ring (bicyclic) bond motifs is 1. The number of carbonyl (C=O) groups excluding carboxylic acids is 2. The van der Waals surface area contributed by atoms with Crippen molar-refractivity contribution < 1.29 is 27.5 Å². The van der Waals surface area contributed by atoms with Gasteiger partial charge in [-0.2, -0.15) is 18.3 Å². The summed E-state index contributed by atoms with van der Waals surface area (Å²) < 4.78 is 45.4. The van der Waals surface area contributed by atoms with E-state index in [0.717, 1.165) is 6.07 Å². The molecule has 0 bridgehead atoms. The molecule has 1 aromatic carbocycles. The molecule has 0 saturated carbocycles. The summed E-state index contributed by atoms with van der Waals surface area (Å²) in [4.78, 5) is 26.5. The van der Waals surface area contributed by atoms with E-state index in [0.29, 0.717) is 5.69 Å². The maximum absolute atomic E-state index is 13.0. The molecule has 1 aliphatic rings. The first-order chi connectivity index (χ1) is 12.6. The van der Waals surface area contributed by atoms with Gasteiger partial charge >= 0.3 is 12.1 Å². The predicted octanol–water partition coefficient (Wildman–Crippen LogP) is 3.61. The second-order valence-electron chi connectivity index (χ2n) is 6.33. The van der Waals surface area contributed by atoms with Crippen molar-refractivity contribution in [1.82, 2.24) is 9.78 Å². The van der Waals surface area contributed by atoms with E-state index in [1.165, 1.54) is 34.8 Å². The normalized spacial score (nSPS) is 17.0. The van der Waals surface area contributed by atoms with Gasteiger partial charge in [-0.05, 0) is 44.5 Å². The number of halogens is 3. The molecule has 6 nitrogen and oxygen atoms in total. The predicted molar refractivity (Wildman–Crippen MR) is 90.8 cm³/mol. The van der Waals surface area contributed by atoms with Crippen molar-refractivity contribution in [3.8, 4) is 0 Å². The molecule has 0 saturated heterocycles. The van der Waals surface area contributed by atoms with Crippen LogP contribution in [0.1, 0.15) is 51.9 Å². The van der Waals surface area contributed by atoms with Gasteiger partial charge in [-0.3, -0.25) is 9.48 Å². The average Bonchev–Trinajstić information content (AvgIpc) is 3.03. The van der Waals surface area contributed by atoms with Gasteiger partial charge < -0.3 is 9.64 Å². The molecular formula is C18H18F3N3O3. The summed E-state index contributed by atoms with van der Waals surface area (Å²) in [7, 11) is 0. The number of hydrogen-bond acceptors (Lipinski definition) is 4. The largest absolute Gasteiger partial charge is 0.462 e. The summed E-state index contributed by atoms with van der Waals surface area (Å²) in [6.07, 6.45) is -3.18. The maximum atomic E-state index is 13.0. The summed E-state index contributed by atoms with van der Waals surface area (Å²) in [5.74, 6) is -1.17. The van der Waals surface area contributed by atoms with E-state index in [9.17, 15) is 22.8 Å². The summed E-state index contributed by atoms with van der Waals surface area (Å²) in [6, 6.07) is 3.28. The van der Waals surface area contributed by atoms with Gasteiger partial charge in [-0.25, -0.2) is 4.79 Å². The number of carbonyl (C=O) groups is 2. The first-order valence-corrected chi connectivity index (χ1v) is 8.39. The van der Waals surface area contributed by atoms with Crippen LogP contribution >= 0.6 is 0 Å². The molecule has 0 spiro atoms. The van der Waals surface area contributed by atoms with Gasteiger partial charge in [0, 0.05) is 12.2 Å². The van der Waals surface area contributed by atoms with Gasteiger partial charge in [0.1, 0.15) is 11.3 Å². The molecule has 1 atom stereocenters. The molecule has 9 heteroatoms. The number of aryl methyl sites for hydroxylation is 1. The molecule has 2 heterocycles. The highest BCUT2D eigenvalue weighted by Gasteiger charge is 2.37. The lowest BCUT2D eigenvalue weighted by atomic mass is 10.0. The first-order valence-electron chi connectivity index (χ1n) is 8.39. The first kappa shape index (κ1) is 18.9. The van der Waals surface area contributed by atoms with Crippen LogP contribution < -0.4 is 4.90 Å². The van der Waals surface area contributed by atoms with Crippen LogP contribution in [0.4, 0.5) is 18.9 Å². The number of hydrogen-bond donors (Lipinski definition) is 0. The fraction of sp³-hybridized carbons (Fsp3) is 0.389. The Kier molecular flexibility index (Phi) is 4.71. The number of rotatable bonds is 3. The minimum absolute atomic E-state index is 0.0187. The lowest BCUT2D eigenvalue weighted by Crippen LogP contribution is -2.43. The molecule has 27 heavy (non-hydrogen) atoms. The van der Waals surface area contributed by atoms with Crippen molar-refractivity contribution in [2.45, 2.75) is 33.0 Å². The number of amides is 1. The van der Waals surface area contributed by atoms with E-state index >= 15 is 0 Å². The van der Waals surface area contributed by atoms with Crippen molar-refractivity contribution in [1.29, 1.82) is 0 Å². The van der Waals surface area contributed by atoms with E-state index in [1.807, 2.05) is 6.92 Å². The standard InChI is InChI=1S/C18H18F3N3O3/c1-4-27-17(26)13-8-22-24-11(3)9-23(16(25)15(13)24)12-5-6-14(10(2)7-12)18(19,20)21/h5-8,11H,4,9H2,1-3H3/t11-/m0/s1. The number of alkyl halides is 3. The summed E-state index contributed by atoms with van der Waals surface area (Å²) in [6.45, 7) is 5.17. The third-order valence-corrected chi connectivity index (χ3v) is 4.43. The zero-order chi connectivity index (χ0) is 19.9. The topological polar surface area (TPSA) is 64.4 Å². The number of nitrogens with zero attached hydrogens (tertiary/aromatic N) is 3. The van der Waals surface area contributed by atoms with Crippen LogP contribution in [0.5, 0.6) is 0 Å². The molecule has 1 aliphatic heterocycles. The van der Waals surface area contributed by atoms with Crippen molar-refractivity contribution in [3.05, 3.63) is 46.8 Å². The molecule has 0 fully saturated rings. The minimum Gasteiger partial charge on any atom is -0.462 e. The van der Waals surface area contributed by atoms with Gasteiger partial charge in [0.05, 0.1) is 24.4 Å². The lowest BCUT2D eigenvalue weighted by Gasteiger charge is -2.32. The molecule has 1 amide bonds. The van der Waals surface area contributed by atoms with E-state index in [2.05, 4.69) is 5.10 Å². The molecule has 0 aliphatic carbocycles. The third-order valence-electron chi connectivity index (χ3n) is 4.43. The average molecular weight is 381 g/mol. The zero-order valence-electron chi connectivity index (χ0n) is 15.0. The fourth-order valence-corrected chi connectivity index (χ4v) is 3.18. The Bertz CT molecular complexity index is 905. The monoisotopic (exact) mass is 381 g/mol. The van der Waals surface area contributed by atoms with Crippen LogP contribution in [0.3, 0.4) is 0 Å². The summed E-state index contributed by atoms with van der Waals surface area (Å²) in [5.41, 5.74) is -0.280. The molecule has 1 aromatic heterocycles. The Labute approximate surface area is 153 Å². The second-order valence-corrected chi connectivity index (χ2v) is 6.33. The Hall–Kier alpha value is -2.84. The number of esters is 1. The van der Waals surface area contributed by atoms with Crippen molar-refractivity contribution in [2.75, 3.05) is 18.1 Å². The zero-order valence-corrected chi connectivity index (χ0v) is 15.0. The van der Waals surface area contributed by atoms with Gasteiger partial charge in [0.2, 0.25) is 0 Å². The lowest BCUT2D eigenvalue weighted by molar-refractivity contribution is -0.138. The van der Waals surface area contributed by atoms with E-state index in [4.69, 9.17) is 4.74 Å². The highest BCUT2D eigenvalue weighted by Crippen LogP contribution is 2.35. The fourth-order valence-electron chi connectivity index (χ4n) is 3.18.